The van der Waals surface area contributed by atoms with Crippen LogP contribution in [0.2, 0.25) is 5.02 Å². The lowest BCUT2D eigenvalue weighted by atomic mass is 10.2. The Hall–Kier alpha value is -2.21. The number of hydrogen-bond acceptors (Lipinski definition) is 4. The maximum Gasteiger partial charge on any atom is 0.320 e. The number of anilines is 1. The second-order valence-corrected chi connectivity index (χ2v) is 4.89. The average Bonchev–Trinajstić information content (AvgIpc) is 2.84. The lowest BCUT2D eigenvalue weighted by molar-refractivity contribution is 0.247. The Morgan fingerprint density at radius 3 is 2.90 bits per heavy atom. The van der Waals surface area contributed by atoms with E-state index in [4.69, 9.17) is 20.9 Å². The van der Waals surface area contributed by atoms with Crippen molar-refractivity contribution in [1.29, 1.82) is 0 Å². The molecule has 7 heteroatoms. The Bertz CT molecular complexity index is 628. The van der Waals surface area contributed by atoms with Crippen molar-refractivity contribution >= 4 is 23.4 Å². The van der Waals surface area contributed by atoms with Crippen molar-refractivity contribution in [2.75, 3.05) is 18.5 Å². The van der Waals surface area contributed by atoms with Crippen molar-refractivity contribution in [3.05, 3.63) is 40.6 Å². The first-order valence-electron chi connectivity index (χ1n) is 6.42. The van der Waals surface area contributed by atoms with Crippen LogP contribution >= 0.6 is 11.6 Å². The van der Waals surface area contributed by atoms with Gasteiger partial charge in [0.05, 0.1) is 11.6 Å². The van der Waals surface area contributed by atoms with Gasteiger partial charge in [-0.05, 0) is 31.5 Å². The number of halogens is 1. The SMILES string of the molecule is Cc1ccc(Cl)c(OCCNC(=O)Nc2cc(C)on2)c1. The molecule has 2 N–H and O–H groups in total. The quantitative estimate of drug-likeness (QED) is 0.832. The van der Waals surface area contributed by atoms with Gasteiger partial charge in [-0.1, -0.05) is 22.8 Å². The molecule has 0 aliphatic carbocycles. The molecule has 0 atom stereocenters. The molecule has 0 unspecified atom stereocenters. The molecule has 6 nitrogen and oxygen atoms in total. The summed E-state index contributed by atoms with van der Waals surface area (Å²) < 4.78 is 10.4. The van der Waals surface area contributed by atoms with Gasteiger partial charge in [-0.25, -0.2) is 4.79 Å². The molecule has 0 spiro atoms. The maximum absolute atomic E-state index is 11.6. The predicted octanol–water partition coefficient (Wildman–Crippen LogP) is 3.15. The number of urea groups is 1. The van der Waals surface area contributed by atoms with Crippen molar-refractivity contribution in [3.8, 4) is 5.75 Å². The molecule has 1 aromatic heterocycles. The van der Waals surface area contributed by atoms with Crippen LogP contribution in [0.1, 0.15) is 11.3 Å². The third-order valence-corrected chi connectivity index (χ3v) is 2.91. The number of aryl methyl sites for hydroxylation is 2. The molecule has 1 aromatic carbocycles. The third kappa shape index (κ3) is 4.68. The fourth-order valence-corrected chi connectivity index (χ4v) is 1.80. The summed E-state index contributed by atoms with van der Waals surface area (Å²) in [5.41, 5.74) is 1.06. The van der Waals surface area contributed by atoms with Crippen LogP contribution in [0.4, 0.5) is 10.6 Å². The monoisotopic (exact) mass is 309 g/mol. The molecule has 0 saturated heterocycles. The summed E-state index contributed by atoms with van der Waals surface area (Å²) in [5, 5.41) is 9.39. The van der Waals surface area contributed by atoms with Crippen molar-refractivity contribution in [2.24, 2.45) is 0 Å². The van der Waals surface area contributed by atoms with Gasteiger partial charge in [0.15, 0.2) is 5.82 Å². The van der Waals surface area contributed by atoms with Crippen LogP contribution in [0.3, 0.4) is 0 Å². The molecular weight excluding hydrogens is 294 g/mol. The maximum atomic E-state index is 11.6. The lowest BCUT2D eigenvalue weighted by Gasteiger charge is -2.09. The summed E-state index contributed by atoms with van der Waals surface area (Å²) in [5.74, 6) is 1.60. The number of ether oxygens (including phenoxy) is 1. The number of rotatable bonds is 5. The zero-order valence-electron chi connectivity index (χ0n) is 11.8. The first-order chi connectivity index (χ1) is 10.0. The molecule has 0 aliphatic rings. The van der Waals surface area contributed by atoms with Gasteiger partial charge in [0, 0.05) is 6.07 Å². The molecule has 0 radical (unpaired) electrons. The smallest absolute Gasteiger partial charge is 0.320 e. The average molecular weight is 310 g/mol. The van der Waals surface area contributed by atoms with Crippen molar-refractivity contribution < 1.29 is 14.1 Å². The summed E-state index contributed by atoms with van der Waals surface area (Å²) in [6.45, 7) is 4.35. The number of benzene rings is 1. The second-order valence-electron chi connectivity index (χ2n) is 4.49. The molecule has 112 valence electrons. The summed E-state index contributed by atoms with van der Waals surface area (Å²) in [6, 6.07) is 6.78. The third-order valence-electron chi connectivity index (χ3n) is 2.60. The zero-order valence-corrected chi connectivity index (χ0v) is 12.5. The van der Waals surface area contributed by atoms with E-state index in [0.717, 1.165) is 5.56 Å². The van der Waals surface area contributed by atoms with Gasteiger partial charge < -0.3 is 14.6 Å². The van der Waals surface area contributed by atoms with E-state index in [-0.39, 0.29) is 6.03 Å². The highest BCUT2D eigenvalue weighted by molar-refractivity contribution is 6.32. The van der Waals surface area contributed by atoms with Crippen molar-refractivity contribution in [1.82, 2.24) is 10.5 Å². The van der Waals surface area contributed by atoms with E-state index in [1.165, 1.54) is 0 Å². The lowest BCUT2D eigenvalue weighted by Crippen LogP contribution is -2.32. The van der Waals surface area contributed by atoms with Gasteiger partial charge in [0.2, 0.25) is 0 Å². The summed E-state index contributed by atoms with van der Waals surface area (Å²) in [7, 11) is 0. The van der Waals surface area contributed by atoms with E-state index in [2.05, 4.69) is 15.8 Å². The van der Waals surface area contributed by atoms with Crippen LogP contribution in [0.5, 0.6) is 5.75 Å². The molecule has 2 rings (SSSR count). The molecular formula is C14H16ClN3O3. The van der Waals surface area contributed by atoms with Gasteiger partial charge in [0.25, 0.3) is 0 Å². The first-order valence-corrected chi connectivity index (χ1v) is 6.79. The van der Waals surface area contributed by atoms with E-state index < -0.39 is 0 Å². The largest absolute Gasteiger partial charge is 0.490 e. The van der Waals surface area contributed by atoms with Gasteiger partial charge in [-0.15, -0.1) is 0 Å². The Morgan fingerprint density at radius 2 is 2.19 bits per heavy atom. The predicted molar refractivity (Wildman–Crippen MR) is 79.9 cm³/mol. The molecule has 21 heavy (non-hydrogen) atoms. The number of amides is 2. The minimum atomic E-state index is -0.373. The molecule has 0 bridgehead atoms. The van der Waals surface area contributed by atoms with Crippen LogP contribution in [0.25, 0.3) is 0 Å². The summed E-state index contributed by atoms with van der Waals surface area (Å²) in [6.07, 6.45) is 0. The Balaban J connectivity index is 1.72. The number of carbonyl (C=O) groups excluding carboxylic acids is 1. The topological polar surface area (TPSA) is 76.4 Å². The second kappa shape index (κ2) is 6.99. The summed E-state index contributed by atoms with van der Waals surface area (Å²) >= 11 is 6.00. The van der Waals surface area contributed by atoms with Gasteiger partial charge in [0.1, 0.15) is 18.1 Å². The minimum Gasteiger partial charge on any atom is -0.490 e. The molecule has 0 fully saturated rings. The number of carbonyl (C=O) groups is 1. The van der Waals surface area contributed by atoms with Crippen LogP contribution in [-0.4, -0.2) is 24.3 Å². The Labute approximate surface area is 127 Å². The Kier molecular flexibility index (Phi) is 5.05. The molecule has 0 aliphatic heterocycles. The van der Waals surface area contributed by atoms with Crippen molar-refractivity contribution in [2.45, 2.75) is 13.8 Å². The highest BCUT2D eigenvalue weighted by Gasteiger charge is 2.06. The van der Waals surface area contributed by atoms with E-state index in [0.29, 0.717) is 35.5 Å². The molecule has 0 saturated carbocycles. The fraction of sp³-hybridized carbons (Fsp3) is 0.286. The summed E-state index contributed by atoms with van der Waals surface area (Å²) in [4.78, 5) is 11.6. The normalized spacial score (nSPS) is 10.2. The standard InChI is InChI=1S/C14H16ClN3O3/c1-9-3-4-11(15)12(7-9)20-6-5-16-14(19)17-13-8-10(2)21-18-13/h3-4,7-8H,5-6H2,1-2H3,(H2,16,17,18,19). The minimum absolute atomic E-state index is 0.314. The molecule has 2 amide bonds. The Morgan fingerprint density at radius 1 is 1.38 bits per heavy atom. The number of hydrogen-bond donors (Lipinski definition) is 2. The molecule has 1 heterocycles. The van der Waals surface area contributed by atoms with E-state index in [9.17, 15) is 4.79 Å². The van der Waals surface area contributed by atoms with Crippen molar-refractivity contribution in [3.63, 3.8) is 0 Å². The van der Waals surface area contributed by atoms with Gasteiger partial charge in [-0.3, -0.25) is 5.32 Å². The number of aromatic nitrogens is 1. The number of nitrogens with zero attached hydrogens (tertiary/aromatic N) is 1. The van der Waals surface area contributed by atoms with Crippen LogP contribution < -0.4 is 15.4 Å². The van der Waals surface area contributed by atoms with E-state index in [1.54, 1.807) is 19.1 Å². The van der Waals surface area contributed by atoms with Gasteiger partial charge in [-0.2, -0.15) is 0 Å². The van der Waals surface area contributed by atoms with E-state index >= 15 is 0 Å². The number of nitrogens with one attached hydrogen (secondary N) is 2. The first kappa shape index (κ1) is 15.2. The highest BCUT2D eigenvalue weighted by Crippen LogP contribution is 2.24. The highest BCUT2D eigenvalue weighted by atomic mass is 35.5. The van der Waals surface area contributed by atoms with Crippen LogP contribution in [0.15, 0.2) is 28.8 Å². The molecule has 2 aromatic rings. The zero-order chi connectivity index (χ0) is 15.2. The van der Waals surface area contributed by atoms with E-state index in [1.807, 2.05) is 19.1 Å². The fourth-order valence-electron chi connectivity index (χ4n) is 1.63. The van der Waals surface area contributed by atoms with Crippen LogP contribution in [-0.2, 0) is 0 Å². The van der Waals surface area contributed by atoms with Crippen LogP contribution in [0, 0.1) is 13.8 Å². The van der Waals surface area contributed by atoms with Gasteiger partial charge >= 0.3 is 6.03 Å².